The maximum absolute atomic E-state index is 11.4. The van der Waals surface area contributed by atoms with E-state index < -0.39 is 0 Å². The summed E-state index contributed by atoms with van der Waals surface area (Å²) in [5, 5.41) is 6.03. The molecule has 1 aromatic rings. The molecule has 4 heteroatoms. The molecule has 0 radical (unpaired) electrons. The van der Waals surface area contributed by atoms with E-state index in [0.717, 1.165) is 24.1 Å². The van der Waals surface area contributed by atoms with Gasteiger partial charge < -0.3 is 15.4 Å². The number of anilines is 1. The molecule has 1 fully saturated rings. The van der Waals surface area contributed by atoms with Gasteiger partial charge in [0.2, 0.25) is 5.91 Å². The lowest BCUT2D eigenvalue weighted by molar-refractivity contribution is -0.119. The molecule has 2 rings (SSSR count). The third-order valence-corrected chi connectivity index (χ3v) is 2.66. The molecule has 2 N–H and O–H groups in total. The quantitative estimate of drug-likeness (QED) is 0.784. The molecule has 1 saturated carbocycles. The van der Waals surface area contributed by atoms with Gasteiger partial charge in [0.05, 0.1) is 13.2 Å². The molecule has 1 aliphatic rings. The van der Waals surface area contributed by atoms with E-state index in [1.807, 2.05) is 24.3 Å². The molecular weight excluding hydrogens is 216 g/mol. The summed E-state index contributed by atoms with van der Waals surface area (Å²) in [6, 6.07) is 8.32. The zero-order valence-corrected chi connectivity index (χ0v) is 10.0. The summed E-state index contributed by atoms with van der Waals surface area (Å²) < 4.78 is 5.03. The van der Waals surface area contributed by atoms with Crippen LogP contribution < -0.4 is 10.6 Å². The maximum Gasteiger partial charge on any atom is 0.239 e. The van der Waals surface area contributed by atoms with E-state index >= 15 is 0 Å². The lowest BCUT2D eigenvalue weighted by Crippen LogP contribution is -2.31. The fourth-order valence-corrected chi connectivity index (χ4v) is 1.57. The number of amides is 1. The van der Waals surface area contributed by atoms with Crippen LogP contribution in [0.5, 0.6) is 0 Å². The molecule has 0 spiro atoms. The Balaban J connectivity index is 1.75. The maximum atomic E-state index is 11.4. The Morgan fingerprint density at radius 1 is 1.35 bits per heavy atom. The molecule has 1 aliphatic carbocycles. The number of methoxy groups -OCH3 is 1. The van der Waals surface area contributed by atoms with Crippen molar-refractivity contribution in [1.29, 1.82) is 0 Å². The number of carbonyl (C=O) groups is 1. The third kappa shape index (κ3) is 4.07. The molecule has 17 heavy (non-hydrogen) atoms. The highest BCUT2D eigenvalue weighted by Crippen LogP contribution is 2.18. The summed E-state index contributed by atoms with van der Waals surface area (Å²) >= 11 is 0. The Hall–Kier alpha value is -1.55. The van der Waals surface area contributed by atoms with E-state index in [4.69, 9.17) is 4.74 Å². The second-order valence-corrected chi connectivity index (χ2v) is 4.33. The van der Waals surface area contributed by atoms with Gasteiger partial charge in [-0.1, -0.05) is 12.1 Å². The van der Waals surface area contributed by atoms with Crippen molar-refractivity contribution in [1.82, 2.24) is 5.32 Å². The fourth-order valence-electron chi connectivity index (χ4n) is 1.57. The molecule has 1 aromatic carbocycles. The smallest absolute Gasteiger partial charge is 0.239 e. The van der Waals surface area contributed by atoms with Crippen molar-refractivity contribution in [2.24, 2.45) is 0 Å². The van der Waals surface area contributed by atoms with Crippen molar-refractivity contribution in [3.05, 3.63) is 29.8 Å². The Kier molecular flexibility index (Phi) is 3.98. The van der Waals surface area contributed by atoms with Gasteiger partial charge in [0.1, 0.15) is 0 Å². The molecule has 4 nitrogen and oxygen atoms in total. The van der Waals surface area contributed by atoms with Gasteiger partial charge >= 0.3 is 0 Å². The first-order valence-corrected chi connectivity index (χ1v) is 5.89. The summed E-state index contributed by atoms with van der Waals surface area (Å²) in [4.78, 5) is 11.4. The van der Waals surface area contributed by atoms with Crippen molar-refractivity contribution < 1.29 is 9.53 Å². The van der Waals surface area contributed by atoms with Crippen LogP contribution in [0.1, 0.15) is 18.4 Å². The molecule has 0 heterocycles. The first-order chi connectivity index (χ1) is 8.28. The van der Waals surface area contributed by atoms with E-state index in [-0.39, 0.29) is 5.91 Å². The fraction of sp³-hybridized carbons (Fsp3) is 0.462. The Morgan fingerprint density at radius 2 is 2.06 bits per heavy atom. The average molecular weight is 234 g/mol. The van der Waals surface area contributed by atoms with Crippen molar-refractivity contribution >= 4 is 11.6 Å². The van der Waals surface area contributed by atoms with Gasteiger partial charge in [0.25, 0.3) is 0 Å². The van der Waals surface area contributed by atoms with E-state index in [1.165, 1.54) is 0 Å². The SMILES string of the molecule is COCc1ccc(NCC(=O)NC2CC2)cc1. The monoisotopic (exact) mass is 234 g/mol. The van der Waals surface area contributed by atoms with Crippen LogP contribution in [0.15, 0.2) is 24.3 Å². The first kappa shape index (κ1) is 11.9. The highest BCUT2D eigenvalue weighted by molar-refractivity contribution is 5.81. The molecule has 92 valence electrons. The molecule has 0 saturated heterocycles. The first-order valence-electron chi connectivity index (χ1n) is 5.89. The number of rotatable bonds is 6. The van der Waals surface area contributed by atoms with Crippen molar-refractivity contribution in [3.8, 4) is 0 Å². The lowest BCUT2D eigenvalue weighted by atomic mass is 10.2. The highest BCUT2D eigenvalue weighted by atomic mass is 16.5. The van der Waals surface area contributed by atoms with Crippen molar-refractivity contribution in [3.63, 3.8) is 0 Å². The summed E-state index contributed by atoms with van der Waals surface area (Å²) in [5.74, 6) is 0.0634. The van der Waals surface area contributed by atoms with Gasteiger partial charge in [-0.2, -0.15) is 0 Å². The second kappa shape index (κ2) is 5.68. The van der Waals surface area contributed by atoms with Crippen LogP contribution in [-0.2, 0) is 16.1 Å². The Bertz CT molecular complexity index is 372. The molecular formula is C13H18N2O2. The van der Waals surface area contributed by atoms with Gasteiger partial charge in [0, 0.05) is 18.8 Å². The normalized spacial score (nSPS) is 14.4. The largest absolute Gasteiger partial charge is 0.380 e. The molecule has 0 atom stereocenters. The zero-order chi connectivity index (χ0) is 12.1. The molecule has 0 aliphatic heterocycles. The number of hydrogen-bond donors (Lipinski definition) is 2. The van der Waals surface area contributed by atoms with E-state index in [0.29, 0.717) is 19.2 Å². The van der Waals surface area contributed by atoms with Gasteiger partial charge in [-0.05, 0) is 30.5 Å². The van der Waals surface area contributed by atoms with Crippen LogP contribution in [-0.4, -0.2) is 25.6 Å². The molecule has 1 amide bonds. The van der Waals surface area contributed by atoms with Gasteiger partial charge in [-0.25, -0.2) is 0 Å². The average Bonchev–Trinajstić information content (AvgIpc) is 3.12. The van der Waals surface area contributed by atoms with Crippen molar-refractivity contribution in [2.75, 3.05) is 19.0 Å². The zero-order valence-electron chi connectivity index (χ0n) is 10.0. The van der Waals surface area contributed by atoms with Crippen LogP contribution in [0.3, 0.4) is 0 Å². The Morgan fingerprint density at radius 3 is 2.65 bits per heavy atom. The minimum atomic E-state index is 0.0634. The second-order valence-electron chi connectivity index (χ2n) is 4.33. The van der Waals surface area contributed by atoms with Crippen LogP contribution in [0, 0.1) is 0 Å². The number of carbonyl (C=O) groups excluding carboxylic acids is 1. The van der Waals surface area contributed by atoms with Gasteiger partial charge in [-0.15, -0.1) is 0 Å². The Labute approximate surface area is 101 Å². The number of hydrogen-bond acceptors (Lipinski definition) is 3. The third-order valence-electron chi connectivity index (χ3n) is 2.66. The summed E-state index contributed by atoms with van der Waals surface area (Å²) in [6.45, 7) is 0.947. The van der Waals surface area contributed by atoms with E-state index in [2.05, 4.69) is 10.6 Å². The molecule has 0 aromatic heterocycles. The van der Waals surface area contributed by atoms with Crippen LogP contribution >= 0.6 is 0 Å². The number of ether oxygens (including phenoxy) is 1. The highest BCUT2D eigenvalue weighted by Gasteiger charge is 2.22. The topological polar surface area (TPSA) is 50.4 Å². The minimum Gasteiger partial charge on any atom is -0.380 e. The van der Waals surface area contributed by atoms with Crippen LogP contribution in [0.4, 0.5) is 5.69 Å². The van der Waals surface area contributed by atoms with E-state index in [9.17, 15) is 4.79 Å². The lowest BCUT2D eigenvalue weighted by Gasteiger charge is -2.07. The standard InChI is InChI=1S/C13H18N2O2/c1-17-9-10-2-4-11(5-3-10)14-8-13(16)15-12-6-7-12/h2-5,12,14H,6-9H2,1H3,(H,15,16). The van der Waals surface area contributed by atoms with Gasteiger partial charge in [-0.3, -0.25) is 4.79 Å². The van der Waals surface area contributed by atoms with Gasteiger partial charge in [0.15, 0.2) is 0 Å². The van der Waals surface area contributed by atoms with Crippen LogP contribution in [0.2, 0.25) is 0 Å². The predicted octanol–water partition coefficient (Wildman–Crippen LogP) is 1.52. The summed E-state index contributed by atoms with van der Waals surface area (Å²) in [7, 11) is 1.67. The van der Waals surface area contributed by atoms with E-state index in [1.54, 1.807) is 7.11 Å². The van der Waals surface area contributed by atoms with Crippen LogP contribution in [0.25, 0.3) is 0 Å². The minimum absolute atomic E-state index is 0.0634. The predicted molar refractivity (Wildman–Crippen MR) is 66.8 cm³/mol. The number of nitrogens with one attached hydrogen (secondary N) is 2. The summed E-state index contributed by atoms with van der Waals surface area (Å²) in [5.41, 5.74) is 2.08. The molecule has 0 unspecified atom stereocenters. The molecule has 0 bridgehead atoms. The summed E-state index contributed by atoms with van der Waals surface area (Å²) in [6.07, 6.45) is 2.24. The number of benzene rings is 1. The van der Waals surface area contributed by atoms with Crippen molar-refractivity contribution in [2.45, 2.75) is 25.5 Å².